The topological polar surface area (TPSA) is 89.3 Å². The molecular weight excluding hydrogens is 292 g/mol. The summed E-state index contributed by atoms with van der Waals surface area (Å²) in [5.41, 5.74) is -0.358. The highest BCUT2D eigenvalue weighted by atomic mass is 32.2. The van der Waals surface area contributed by atoms with Crippen LogP contribution in [-0.2, 0) is 9.84 Å². The van der Waals surface area contributed by atoms with Gasteiger partial charge < -0.3 is 5.32 Å². The number of benzene rings is 1. The minimum Gasteiger partial charge on any atom is -0.313 e. The fraction of sp³-hybridized carbons (Fsp3) is 0.571. The van der Waals surface area contributed by atoms with E-state index in [9.17, 15) is 18.5 Å². The van der Waals surface area contributed by atoms with Crippen LogP contribution in [0.4, 0.5) is 5.69 Å². The van der Waals surface area contributed by atoms with Crippen molar-refractivity contribution >= 4 is 15.5 Å². The minimum absolute atomic E-state index is 0.119. The van der Waals surface area contributed by atoms with Crippen LogP contribution in [0.5, 0.6) is 0 Å². The average molecular weight is 314 g/mol. The maximum atomic E-state index is 12.5. The van der Waals surface area contributed by atoms with E-state index in [1.54, 1.807) is 0 Å². The van der Waals surface area contributed by atoms with Crippen molar-refractivity contribution < 1.29 is 13.3 Å². The summed E-state index contributed by atoms with van der Waals surface area (Å²) in [4.78, 5) is 10.1. The Labute approximate surface area is 125 Å². The molecule has 0 aliphatic rings. The first-order chi connectivity index (χ1) is 9.92. The predicted octanol–water partition coefficient (Wildman–Crippen LogP) is 2.54. The third-order valence-electron chi connectivity index (χ3n) is 3.14. The lowest BCUT2D eigenvalue weighted by Crippen LogP contribution is -2.36. The van der Waals surface area contributed by atoms with Gasteiger partial charge in [0.05, 0.1) is 10.7 Å². The molecule has 1 rings (SSSR count). The standard InChI is InChI=1S/C14H22N2O4S/c1-3-7-12(15-10-4-2)11-21(19,20)14-9-6-5-8-13(14)16(17)18/h5-6,8-9,12,15H,3-4,7,10-11H2,1-2H3. The molecule has 6 nitrogen and oxygen atoms in total. The lowest BCUT2D eigenvalue weighted by atomic mass is 10.2. The van der Waals surface area contributed by atoms with E-state index in [-0.39, 0.29) is 22.4 Å². The molecule has 0 saturated carbocycles. The van der Waals surface area contributed by atoms with Gasteiger partial charge in [0.15, 0.2) is 9.84 Å². The number of para-hydroxylation sites is 1. The summed E-state index contributed by atoms with van der Waals surface area (Å²) >= 11 is 0. The zero-order valence-corrected chi connectivity index (χ0v) is 13.2. The number of nitro benzene ring substituents is 1. The molecular formula is C14H22N2O4S. The molecule has 118 valence electrons. The number of nitrogens with zero attached hydrogens (tertiary/aromatic N) is 1. The van der Waals surface area contributed by atoms with Crippen LogP contribution < -0.4 is 5.32 Å². The Kier molecular flexibility index (Phi) is 6.77. The van der Waals surface area contributed by atoms with Gasteiger partial charge in [-0.05, 0) is 25.5 Å². The molecule has 0 aromatic heterocycles. The van der Waals surface area contributed by atoms with Crippen LogP contribution in [0, 0.1) is 10.1 Å². The molecule has 0 fully saturated rings. The number of sulfone groups is 1. The van der Waals surface area contributed by atoms with Gasteiger partial charge in [0.1, 0.15) is 4.90 Å². The summed E-state index contributed by atoms with van der Waals surface area (Å²) < 4.78 is 24.9. The molecule has 0 saturated heterocycles. The molecule has 1 aromatic carbocycles. The Hall–Kier alpha value is -1.47. The SMILES string of the molecule is CCCNC(CCC)CS(=O)(=O)c1ccccc1[N+](=O)[O-]. The van der Waals surface area contributed by atoms with Gasteiger partial charge >= 0.3 is 0 Å². The second-order valence-corrected chi connectivity index (χ2v) is 6.95. The first-order valence-electron chi connectivity index (χ1n) is 7.12. The molecule has 0 aliphatic heterocycles. The number of nitro groups is 1. The Bertz CT molecular complexity index is 572. The molecule has 1 aromatic rings. The second-order valence-electron chi connectivity index (χ2n) is 4.95. The van der Waals surface area contributed by atoms with E-state index >= 15 is 0 Å². The summed E-state index contributed by atoms with van der Waals surface area (Å²) in [5, 5.41) is 14.2. The van der Waals surface area contributed by atoms with Crippen LogP contribution in [0.1, 0.15) is 33.1 Å². The van der Waals surface area contributed by atoms with Crippen LogP contribution in [-0.4, -0.2) is 31.7 Å². The Morgan fingerprint density at radius 3 is 2.48 bits per heavy atom. The van der Waals surface area contributed by atoms with E-state index < -0.39 is 14.8 Å². The molecule has 0 amide bonds. The third kappa shape index (κ3) is 5.09. The lowest BCUT2D eigenvalue weighted by molar-refractivity contribution is -0.387. The van der Waals surface area contributed by atoms with E-state index in [4.69, 9.17) is 0 Å². The normalized spacial score (nSPS) is 13.0. The van der Waals surface area contributed by atoms with Gasteiger partial charge in [0.25, 0.3) is 5.69 Å². The molecule has 0 spiro atoms. The summed E-state index contributed by atoms with van der Waals surface area (Å²) in [6.45, 7) is 4.72. The summed E-state index contributed by atoms with van der Waals surface area (Å²) in [6, 6.07) is 5.32. The van der Waals surface area contributed by atoms with Gasteiger partial charge in [-0.25, -0.2) is 8.42 Å². The zero-order chi connectivity index (χ0) is 15.9. The highest BCUT2D eigenvalue weighted by Gasteiger charge is 2.27. The van der Waals surface area contributed by atoms with Crippen LogP contribution in [0.25, 0.3) is 0 Å². The van der Waals surface area contributed by atoms with E-state index in [1.165, 1.54) is 24.3 Å². The summed E-state index contributed by atoms with van der Waals surface area (Å²) in [5.74, 6) is -0.119. The van der Waals surface area contributed by atoms with Crippen molar-refractivity contribution in [1.29, 1.82) is 0 Å². The molecule has 0 bridgehead atoms. The van der Waals surface area contributed by atoms with Gasteiger partial charge in [0, 0.05) is 12.1 Å². The molecule has 0 radical (unpaired) electrons. The number of hydrogen-bond acceptors (Lipinski definition) is 5. The Morgan fingerprint density at radius 1 is 1.24 bits per heavy atom. The largest absolute Gasteiger partial charge is 0.313 e. The Balaban J connectivity index is 3.01. The highest BCUT2D eigenvalue weighted by molar-refractivity contribution is 7.91. The monoisotopic (exact) mass is 314 g/mol. The maximum absolute atomic E-state index is 12.5. The van der Waals surface area contributed by atoms with Gasteiger partial charge in [0.2, 0.25) is 0 Å². The highest BCUT2D eigenvalue weighted by Crippen LogP contribution is 2.24. The van der Waals surface area contributed by atoms with Gasteiger partial charge in [-0.2, -0.15) is 0 Å². The minimum atomic E-state index is -3.69. The van der Waals surface area contributed by atoms with Crippen LogP contribution >= 0.6 is 0 Å². The molecule has 21 heavy (non-hydrogen) atoms. The predicted molar refractivity (Wildman–Crippen MR) is 82.1 cm³/mol. The smallest absolute Gasteiger partial charge is 0.287 e. The fourth-order valence-corrected chi connectivity index (χ4v) is 3.91. The summed E-state index contributed by atoms with van der Waals surface area (Å²) in [7, 11) is -3.69. The van der Waals surface area contributed by atoms with E-state index in [1.807, 2.05) is 13.8 Å². The van der Waals surface area contributed by atoms with Crippen LogP contribution in [0.15, 0.2) is 29.2 Å². The van der Waals surface area contributed by atoms with Crippen molar-refractivity contribution in [3.8, 4) is 0 Å². The number of nitrogens with one attached hydrogen (secondary N) is 1. The first-order valence-corrected chi connectivity index (χ1v) is 8.77. The van der Waals surface area contributed by atoms with Crippen LogP contribution in [0.3, 0.4) is 0 Å². The van der Waals surface area contributed by atoms with Gasteiger partial charge in [-0.15, -0.1) is 0 Å². The molecule has 1 atom stereocenters. The average Bonchev–Trinajstić information content (AvgIpc) is 2.44. The number of rotatable bonds is 9. The van der Waals surface area contributed by atoms with E-state index in [0.29, 0.717) is 0 Å². The molecule has 7 heteroatoms. The maximum Gasteiger partial charge on any atom is 0.287 e. The van der Waals surface area contributed by atoms with Crippen LogP contribution in [0.2, 0.25) is 0 Å². The van der Waals surface area contributed by atoms with Crippen molar-refractivity contribution in [3.63, 3.8) is 0 Å². The van der Waals surface area contributed by atoms with Crippen molar-refractivity contribution in [2.24, 2.45) is 0 Å². The molecule has 0 aliphatic carbocycles. The third-order valence-corrected chi connectivity index (χ3v) is 4.99. The molecule has 0 heterocycles. The first kappa shape index (κ1) is 17.6. The summed E-state index contributed by atoms with van der Waals surface area (Å²) in [6.07, 6.45) is 2.49. The number of hydrogen-bond donors (Lipinski definition) is 1. The van der Waals surface area contributed by atoms with E-state index in [0.717, 1.165) is 25.8 Å². The van der Waals surface area contributed by atoms with Crippen molar-refractivity contribution in [1.82, 2.24) is 5.32 Å². The van der Waals surface area contributed by atoms with Crippen molar-refractivity contribution in [3.05, 3.63) is 34.4 Å². The molecule has 1 N–H and O–H groups in total. The van der Waals surface area contributed by atoms with Crippen molar-refractivity contribution in [2.75, 3.05) is 12.3 Å². The second kappa shape index (κ2) is 8.09. The quantitative estimate of drug-likeness (QED) is 0.559. The lowest BCUT2D eigenvalue weighted by Gasteiger charge is -2.17. The molecule has 1 unspecified atom stereocenters. The van der Waals surface area contributed by atoms with Crippen molar-refractivity contribution in [2.45, 2.75) is 44.0 Å². The fourth-order valence-electron chi connectivity index (χ4n) is 2.17. The van der Waals surface area contributed by atoms with E-state index in [2.05, 4.69) is 5.32 Å². The van der Waals surface area contributed by atoms with Gasteiger partial charge in [-0.1, -0.05) is 32.4 Å². The van der Waals surface area contributed by atoms with Gasteiger partial charge in [-0.3, -0.25) is 10.1 Å². The zero-order valence-electron chi connectivity index (χ0n) is 12.4. The Morgan fingerprint density at radius 2 is 1.90 bits per heavy atom.